The first-order valence-corrected chi connectivity index (χ1v) is 5.64. The van der Waals surface area contributed by atoms with Gasteiger partial charge in [-0.1, -0.05) is 12.1 Å². The number of nitrogens with zero attached hydrogens (tertiary/aromatic N) is 2. The maximum absolute atomic E-state index is 5.78. The second-order valence-corrected chi connectivity index (χ2v) is 4.48. The molecule has 1 heterocycles. The Kier molecular flexibility index (Phi) is 1.99. The summed E-state index contributed by atoms with van der Waals surface area (Å²) in [6.07, 6.45) is 2.60. The third kappa shape index (κ3) is 1.58. The van der Waals surface area contributed by atoms with Crippen molar-refractivity contribution < 1.29 is 0 Å². The number of hydrogen-bond donors (Lipinski definition) is 1. The summed E-state index contributed by atoms with van der Waals surface area (Å²) in [4.78, 5) is 0. The lowest BCUT2D eigenvalue weighted by molar-refractivity contribution is 0.716. The molecule has 1 saturated carbocycles. The van der Waals surface area contributed by atoms with Crippen LogP contribution in [0.1, 0.15) is 24.5 Å². The Morgan fingerprint density at radius 1 is 1.31 bits per heavy atom. The lowest BCUT2D eigenvalue weighted by Gasteiger charge is -1.97. The molecular weight excluding hydrogens is 198 g/mol. The van der Waals surface area contributed by atoms with E-state index in [2.05, 4.69) is 17.2 Å². The van der Waals surface area contributed by atoms with Gasteiger partial charge < -0.3 is 5.73 Å². The number of aromatic nitrogens is 2. The largest absolute Gasteiger partial charge is 0.399 e. The second kappa shape index (κ2) is 3.37. The minimum Gasteiger partial charge on any atom is -0.399 e. The van der Waals surface area contributed by atoms with Crippen molar-refractivity contribution in [2.75, 3.05) is 5.73 Å². The summed E-state index contributed by atoms with van der Waals surface area (Å²) >= 11 is 0. The molecule has 1 aromatic heterocycles. The average Bonchev–Trinajstić information content (AvgIpc) is 3.02. The molecule has 3 rings (SSSR count). The van der Waals surface area contributed by atoms with Crippen LogP contribution in [0.15, 0.2) is 30.3 Å². The Morgan fingerprint density at radius 2 is 2.12 bits per heavy atom. The molecule has 0 amide bonds. The van der Waals surface area contributed by atoms with Crippen LogP contribution in [0.25, 0.3) is 11.3 Å². The molecule has 0 radical (unpaired) electrons. The van der Waals surface area contributed by atoms with Gasteiger partial charge >= 0.3 is 0 Å². The topological polar surface area (TPSA) is 43.8 Å². The molecule has 1 fully saturated rings. The Hall–Kier alpha value is -1.77. The van der Waals surface area contributed by atoms with Gasteiger partial charge in [-0.25, -0.2) is 0 Å². The smallest absolute Gasteiger partial charge is 0.0926 e. The van der Waals surface area contributed by atoms with Gasteiger partial charge in [0.25, 0.3) is 0 Å². The van der Waals surface area contributed by atoms with Crippen LogP contribution in [0.2, 0.25) is 0 Å². The van der Waals surface area contributed by atoms with Crippen molar-refractivity contribution in [2.45, 2.75) is 18.8 Å². The van der Waals surface area contributed by atoms with E-state index in [0.717, 1.165) is 22.9 Å². The number of hydrogen-bond acceptors (Lipinski definition) is 2. The number of nitrogens with two attached hydrogens (primary N) is 1. The van der Waals surface area contributed by atoms with Crippen LogP contribution < -0.4 is 5.73 Å². The van der Waals surface area contributed by atoms with Crippen molar-refractivity contribution in [1.29, 1.82) is 0 Å². The molecule has 0 bridgehead atoms. The highest BCUT2D eigenvalue weighted by Crippen LogP contribution is 2.40. The van der Waals surface area contributed by atoms with Gasteiger partial charge in [-0.05, 0) is 31.0 Å². The SMILES string of the molecule is Cn1nc(-c2cccc(N)c2)cc1C1CC1. The molecule has 0 atom stereocenters. The number of rotatable bonds is 2. The minimum atomic E-state index is 0.729. The monoisotopic (exact) mass is 213 g/mol. The highest BCUT2D eigenvalue weighted by Gasteiger charge is 2.27. The average molecular weight is 213 g/mol. The first-order chi connectivity index (χ1) is 7.74. The number of benzene rings is 1. The molecule has 2 aromatic rings. The van der Waals surface area contributed by atoms with Gasteiger partial charge in [0.1, 0.15) is 0 Å². The summed E-state index contributed by atoms with van der Waals surface area (Å²) in [6, 6.07) is 10.1. The maximum Gasteiger partial charge on any atom is 0.0926 e. The fourth-order valence-electron chi connectivity index (χ4n) is 2.08. The molecule has 3 nitrogen and oxygen atoms in total. The van der Waals surface area contributed by atoms with Gasteiger partial charge in [0.2, 0.25) is 0 Å². The molecule has 3 heteroatoms. The van der Waals surface area contributed by atoms with Crippen LogP contribution in [-0.4, -0.2) is 9.78 Å². The Labute approximate surface area is 94.9 Å². The van der Waals surface area contributed by atoms with E-state index >= 15 is 0 Å². The predicted molar refractivity (Wildman–Crippen MR) is 65.0 cm³/mol. The zero-order valence-corrected chi connectivity index (χ0v) is 9.35. The van der Waals surface area contributed by atoms with Crippen LogP contribution in [-0.2, 0) is 7.05 Å². The van der Waals surface area contributed by atoms with E-state index < -0.39 is 0 Å². The quantitative estimate of drug-likeness (QED) is 0.779. The van der Waals surface area contributed by atoms with Gasteiger partial charge in [0, 0.05) is 29.9 Å². The summed E-state index contributed by atoms with van der Waals surface area (Å²) in [5.74, 6) is 0.729. The number of anilines is 1. The third-order valence-corrected chi connectivity index (χ3v) is 3.09. The molecule has 1 aromatic carbocycles. The standard InChI is InChI=1S/C13H15N3/c1-16-13(9-5-6-9)8-12(15-16)10-3-2-4-11(14)7-10/h2-4,7-9H,5-6,14H2,1H3. The van der Waals surface area contributed by atoms with E-state index in [9.17, 15) is 0 Å². The van der Waals surface area contributed by atoms with E-state index in [1.807, 2.05) is 29.9 Å². The highest BCUT2D eigenvalue weighted by atomic mass is 15.3. The van der Waals surface area contributed by atoms with E-state index in [1.54, 1.807) is 0 Å². The number of aryl methyl sites for hydroxylation is 1. The molecule has 1 aliphatic carbocycles. The van der Waals surface area contributed by atoms with E-state index in [1.165, 1.54) is 18.5 Å². The van der Waals surface area contributed by atoms with E-state index in [-0.39, 0.29) is 0 Å². The minimum absolute atomic E-state index is 0.729. The Bertz CT molecular complexity index is 524. The summed E-state index contributed by atoms with van der Waals surface area (Å²) < 4.78 is 2.00. The molecule has 2 N–H and O–H groups in total. The molecular formula is C13H15N3. The van der Waals surface area contributed by atoms with Crippen LogP contribution in [0.4, 0.5) is 5.69 Å². The van der Waals surface area contributed by atoms with Crippen molar-refractivity contribution in [3.05, 3.63) is 36.0 Å². The van der Waals surface area contributed by atoms with Crippen LogP contribution in [0.3, 0.4) is 0 Å². The predicted octanol–water partition coefficient (Wildman–Crippen LogP) is 2.55. The van der Waals surface area contributed by atoms with E-state index in [0.29, 0.717) is 0 Å². The van der Waals surface area contributed by atoms with Gasteiger partial charge in [-0.15, -0.1) is 0 Å². The van der Waals surface area contributed by atoms with Crippen molar-refractivity contribution >= 4 is 5.69 Å². The Balaban J connectivity index is 2.03. The van der Waals surface area contributed by atoms with Crippen molar-refractivity contribution in [1.82, 2.24) is 9.78 Å². The second-order valence-electron chi connectivity index (χ2n) is 4.48. The van der Waals surface area contributed by atoms with Gasteiger partial charge in [-0.2, -0.15) is 5.10 Å². The van der Waals surface area contributed by atoms with Crippen LogP contribution >= 0.6 is 0 Å². The molecule has 0 unspecified atom stereocenters. The summed E-state index contributed by atoms with van der Waals surface area (Å²) in [6.45, 7) is 0. The summed E-state index contributed by atoms with van der Waals surface area (Å²) in [7, 11) is 2.02. The first kappa shape index (κ1) is 9.46. The lowest BCUT2D eigenvalue weighted by atomic mass is 10.1. The van der Waals surface area contributed by atoms with Crippen LogP contribution in [0.5, 0.6) is 0 Å². The Morgan fingerprint density at radius 3 is 2.81 bits per heavy atom. The highest BCUT2D eigenvalue weighted by molar-refractivity contribution is 5.64. The van der Waals surface area contributed by atoms with Crippen LogP contribution in [0, 0.1) is 0 Å². The van der Waals surface area contributed by atoms with Crippen molar-refractivity contribution in [3.63, 3.8) is 0 Å². The van der Waals surface area contributed by atoms with Crippen molar-refractivity contribution in [3.8, 4) is 11.3 Å². The fraction of sp³-hybridized carbons (Fsp3) is 0.308. The van der Waals surface area contributed by atoms with Gasteiger partial charge in [0.05, 0.1) is 5.69 Å². The lowest BCUT2D eigenvalue weighted by Crippen LogP contribution is -1.95. The van der Waals surface area contributed by atoms with Crippen molar-refractivity contribution in [2.24, 2.45) is 7.05 Å². The maximum atomic E-state index is 5.78. The summed E-state index contributed by atoms with van der Waals surface area (Å²) in [5, 5.41) is 4.54. The molecule has 0 saturated heterocycles. The molecule has 0 spiro atoms. The molecule has 0 aliphatic heterocycles. The zero-order valence-electron chi connectivity index (χ0n) is 9.35. The molecule has 82 valence electrons. The van der Waals surface area contributed by atoms with Gasteiger partial charge in [0.15, 0.2) is 0 Å². The number of nitrogen functional groups attached to an aromatic ring is 1. The zero-order chi connectivity index (χ0) is 11.1. The third-order valence-electron chi connectivity index (χ3n) is 3.09. The fourth-order valence-corrected chi connectivity index (χ4v) is 2.08. The molecule has 16 heavy (non-hydrogen) atoms. The summed E-state index contributed by atoms with van der Waals surface area (Å²) in [5.41, 5.74) is 10.0. The first-order valence-electron chi connectivity index (χ1n) is 5.64. The molecule has 1 aliphatic rings. The van der Waals surface area contributed by atoms with E-state index in [4.69, 9.17) is 5.73 Å². The van der Waals surface area contributed by atoms with Gasteiger partial charge in [-0.3, -0.25) is 4.68 Å². The normalized spacial score (nSPS) is 15.3.